The number of hydrogen-bond donors (Lipinski definition) is 1. The molecule has 0 bridgehead atoms. The maximum Gasteiger partial charge on any atom is 0.261 e. The first-order valence-electron chi connectivity index (χ1n) is 9.18. The minimum atomic E-state index is -0.549. The van der Waals surface area contributed by atoms with Crippen molar-refractivity contribution in [3.05, 3.63) is 64.1 Å². The Labute approximate surface area is 168 Å². The summed E-state index contributed by atoms with van der Waals surface area (Å²) in [7, 11) is 0. The van der Waals surface area contributed by atoms with Crippen LogP contribution in [-0.2, 0) is 22.6 Å². The summed E-state index contributed by atoms with van der Waals surface area (Å²) in [6.45, 7) is 6.76. The predicted octanol–water partition coefficient (Wildman–Crippen LogP) is 3.37. The third-order valence-electron chi connectivity index (χ3n) is 4.50. The Morgan fingerprint density at radius 1 is 1.11 bits per heavy atom. The number of ether oxygens (including phenoxy) is 2. The number of nitrogens with zero attached hydrogens (tertiary/aromatic N) is 1. The number of carbonyl (C=O) groups is 1. The van der Waals surface area contributed by atoms with Crippen LogP contribution in [0.25, 0.3) is 0 Å². The Hall–Kier alpha value is -1.89. The Morgan fingerprint density at radius 3 is 2.41 bits per heavy atom. The summed E-state index contributed by atoms with van der Waals surface area (Å²) in [6.07, 6.45) is -0.549. The minimum absolute atomic E-state index is 0.129. The van der Waals surface area contributed by atoms with Crippen molar-refractivity contribution in [1.82, 2.24) is 10.2 Å². The molecule has 0 aliphatic carbocycles. The molecule has 2 aromatic carbocycles. The van der Waals surface area contributed by atoms with Gasteiger partial charge in [-0.1, -0.05) is 40.2 Å². The molecule has 1 heterocycles. The fourth-order valence-electron chi connectivity index (χ4n) is 2.88. The van der Waals surface area contributed by atoms with E-state index in [1.807, 2.05) is 24.3 Å². The number of amides is 1. The van der Waals surface area contributed by atoms with Crippen LogP contribution in [-0.4, -0.2) is 43.2 Å². The highest BCUT2D eigenvalue weighted by atomic mass is 79.9. The molecular formula is C21H25BrN2O3. The van der Waals surface area contributed by atoms with Gasteiger partial charge >= 0.3 is 0 Å². The van der Waals surface area contributed by atoms with Gasteiger partial charge in [-0.15, -0.1) is 0 Å². The maximum atomic E-state index is 12.3. The zero-order chi connectivity index (χ0) is 19.1. The van der Waals surface area contributed by atoms with Crippen molar-refractivity contribution in [2.75, 3.05) is 26.3 Å². The van der Waals surface area contributed by atoms with Crippen LogP contribution < -0.4 is 10.1 Å². The van der Waals surface area contributed by atoms with Crippen LogP contribution in [0.3, 0.4) is 0 Å². The van der Waals surface area contributed by atoms with Crippen molar-refractivity contribution in [3.63, 3.8) is 0 Å². The van der Waals surface area contributed by atoms with Crippen LogP contribution in [0.5, 0.6) is 5.75 Å². The van der Waals surface area contributed by atoms with E-state index in [1.54, 1.807) is 6.92 Å². The second-order valence-electron chi connectivity index (χ2n) is 6.64. The molecule has 3 rings (SSSR count). The molecular weight excluding hydrogens is 408 g/mol. The van der Waals surface area contributed by atoms with Crippen molar-refractivity contribution in [2.45, 2.75) is 26.1 Å². The van der Waals surface area contributed by atoms with Crippen LogP contribution in [0, 0.1) is 0 Å². The lowest BCUT2D eigenvalue weighted by molar-refractivity contribution is -0.127. The fraction of sp³-hybridized carbons (Fsp3) is 0.381. The average Bonchev–Trinajstić information content (AvgIpc) is 2.69. The zero-order valence-corrected chi connectivity index (χ0v) is 17.1. The lowest BCUT2D eigenvalue weighted by Crippen LogP contribution is -2.36. The number of halogens is 1. The molecule has 0 unspecified atom stereocenters. The maximum absolute atomic E-state index is 12.3. The van der Waals surface area contributed by atoms with Gasteiger partial charge in [-0.2, -0.15) is 0 Å². The van der Waals surface area contributed by atoms with Crippen molar-refractivity contribution < 1.29 is 14.3 Å². The number of nitrogens with one attached hydrogen (secondary N) is 1. The van der Waals surface area contributed by atoms with E-state index in [0.717, 1.165) is 42.9 Å². The van der Waals surface area contributed by atoms with E-state index in [4.69, 9.17) is 9.47 Å². The van der Waals surface area contributed by atoms with Gasteiger partial charge in [0.1, 0.15) is 5.75 Å². The van der Waals surface area contributed by atoms with Gasteiger partial charge in [0.15, 0.2) is 6.10 Å². The van der Waals surface area contributed by atoms with Gasteiger partial charge in [-0.05, 0) is 42.3 Å². The molecule has 0 aromatic heterocycles. The Bertz CT molecular complexity index is 728. The summed E-state index contributed by atoms with van der Waals surface area (Å²) in [5.41, 5.74) is 2.35. The molecule has 5 nitrogen and oxygen atoms in total. The number of morpholine rings is 1. The third kappa shape index (κ3) is 6.34. The van der Waals surface area contributed by atoms with Crippen LogP contribution in [0.2, 0.25) is 0 Å². The van der Waals surface area contributed by atoms with Crippen molar-refractivity contribution >= 4 is 21.8 Å². The van der Waals surface area contributed by atoms with Crippen molar-refractivity contribution in [1.29, 1.82) is 0 Å². The first-order valence-corrected chi connectivity index (χ1v) is 9.97. The molecule has 2 aromatic rings. The van der Waals surface area contributed by atoms with Gasteiger partial charge in [-0.3, -0.25) is 9.69 Å². The molecule has 1 aliphatic rings. The molecule has 1 fully saturated rings. The van der Waals surface area contributed by atoms with Gasteiger partial charge in [0.2, 0.25) is 0 Å². The highest BCUT2D eigenvalue weighted by molar-refractivity contribution is 9.10. The van der Waals surface area contributed by atoms with E-state index in [1.165, 1.54) is 5.56 Å². The monoisotopic (exact) mass is 432 g/mol. The molecule has 1 atom stereocenters. The smallest absolute Gasteiger partial charge is 0.261 e. The van der Waals surface area contributed by atoms with E-state index < -0.39 is 6.10 Å². The van der Waals surface area contributed by atoms with Crippen molar-refractivity contribution in [2.24, 2.45) is 0 Å². The largest absolute Gasteiger partial charge is 0.481 e. The summed E-state index contributed by atoms with van der Waals surface area (Å²) in [4.78, 5) is 14.6. The molecule has 1 saturated heterocycles. The van der Waals surface area contributed by atoms with E-state index in [0.29, 0.717) is 12.3 Å². The van der Waals surface area contributed by atoms with Crippen LogP contribution >= 0.6 is 15.9 Å². The number of benzene rings is 2. The van der Waals surface area contributed by atoms with Gasteiger partial charge < -0.3 is 14.8 Å². The number of carbonyl (C=O) groups excluding carboxylic acids is 1. The van der Waals surface area contributed by atoms with Crippen LogP contribution in [0.4, 0.5) is 0 Å². The Kier molecular flexibility index (Phi) is 7.26. The average molecular weight is 433 g/mol. The summed E-state index contributed by atoms with van der Waals surface area (Å²) in [5, 5.41) is 2.93. The summed E-state index contributed by atoms with van der Waals surface area (Å²) >= 11 is 3.38. The fourth-order valence-corrected chi connectivity index (χ4v) is 3.15. The second kappa shape index (κ2) is 9.88. The Morgan fingerprint density at radius 2 is 1.74 bits per heavy atom. The third-order valence-corrected chi connectivity index (χ3v) is 5.02. The number of rotatable bonds is 7. The van der Waals surface area contributed by atoms with Gasteiger partial charge in [0.05, 0.1) is 13.2 Å². The van der Waals surface area contributed by atoms with E-state index in [9.17, 15) is 4.79 Å². The first kappa shape index (κ1) is 19.9. The highest BCUT2D eigenvalue weighted by Crippen LogP contribution is 2.17. The molecule has 1 amide bonds. The molecule has 0 spiro atoms. The first-order chi connectivity index (χ1) is 13.1. The SMILES string of the molecule is C[C@@H](Oc1ccc(Br)cc1)C(=O)NCc1ccc(CN2CCOCC2)cc1. The van der Waals surface area contributed by atoms with Gasteiger partial charge in [-0.25, -0.2) is 0 Å². The lowest BCUT2D eigenvalue weighted by Gasteiger charge is -2.26. The van der Waals surface area contributed by atoms with E-state index in [-0.39, 0.29) is 5.91 Å². The van der Waals surface area contributed by atoms with Crippen LogP contribution in [0.15, 0.2) is 53.0 Å². The van der Waals surface area contributed by atoms with Crippen molar-refractivity contribution in [3.8, 4) is 5.75 Å². The van der Waals surface area contributed by atoms with E-state index >= 15 is 0 Å². The van der Waals surface area contributed by atoms with Gasteiger partial charge in [0, 0.05) is 30.7 Å². The topological polar surface area (TPSA) is 50.8 Å². The molecule has 144 valence electrons. The zero-order valence-electron chi connectivity index (χ0n) is 15.5. The molecule has 1 aliphatic heterocycles. The molecule has 6 heteroatoms. The van der Waals surface area contributed by atoms with Gasteiger partial charge in [0.25, 0.3) is 5.91 Å². The molecule has 0 saturated carbocycles. The second-order valence-corrected chi connectivity index (χ2v) is 7.55. The highest BCUT2D eigenvalue weighted by Gasteiger charge is 2.14. The molecule has 27 heavy (non-hydrogen) atoms. The summed E-state index contributed by atoms with van der Waals surface area (Å²) in [5.74, 6) is 0.545. The molecule has 0 radical (unpaired) electrons. The molecule has 1 N–H and O–H groups in total. The lowest BCUT2D eigenvalue weighted by atomic mass is 10.1. The number of hydrogen-bond acceptors (Lipinski definition) is 4. The van der Waals surface area contributed by atoms with E-state index in [2.05, 4.69) is 50.4 Å². The predicted molar refractivity (Wildman–Crippen MR) is 109 cm³/mol. The Balaban J connectivity index is 1.44. The standard InChI is InChI=1S/C21H25BrN2O3/c1-16(27-20-8-6-19(22)7-9-20)21(25)23-14-17-2-4-18(5-3-17)15-24-10-12-26-13-11-24/h2-9,16H,10-15H2,1H3,(H,23,25)/t16-/m1/s1. The quantitative estimate of drug-likeness (QED) is 0.728. The van der Waals surface area contributed by atoms with Crippen LogP contribution in [0.1, 0.15) is 18.1 Å². The minimum Gasteiger partial charge on any atom is -0.481 e. The summed E-state index contributed by atoms with van der Waals surface area (Å²) in [6, 6.07) is 15.8. The summed E-state index contributed by atoms with van der Waals surface area (Å²) < 4.78 is 12.0. The normalized spacial score (nSPS) is 15.9.